The fourth-order valence-electron chi connectivity index (χ4n) is 12.0. The Kier molecular flexibility index (Phi) is 9.82. The van der Waals surface area contributed by atoms with Crippen LogP contribution in [0.1, 0.15) is 91.4 Å². The third-order valence-corrected chi connectivity index (χ3v) is 15.2. The summed E-state index contributed by atoms with van der Waals surface area (Å²) in [5.74, 6) is 2.67. The zero-order valence-electron chi connectivity index (χ0n) is 38.4. The van der Waals surface area contributed by atoms with E-state index in [1.807, 2.05) is 0 Å². The molecule has 2 aromatic heterocycles. The molecule has 0 saturated heterocycles. The van der Waals surface area contributed by atoms with Crippen molar-refractivity contribution in [1.29, 1.82) is 0 Å². The third-order valence-electron chi connectivity index (χ3n) is 15.2. The first-order valence-corrected chi connectivity index (χ1v) is 24.0. The van der Waals surface area contributed by atoms with E-state index in [2.05, 4.69) is 202 Å². The molecule has 0 aliphatic heterocycles. The van der Waals surface area contributed by atoms with E-state index in [-0.39, 0.29) is 5.92 Å². The highest BCUT2D eigenvalue weighted by Crippen LogP contribution is 2.58. The molecule has 0 spiro atoms. The second kappa shape index (κ2) is 16.1. The van der Waals surface area contributed by atoms with E-state index in [0.29, 0.717) is 23.4 Å². The summed E-state index contributed by atoms with van der Waals surface area (Å²) in [6, 6.07) is 51.1. The second-order valence-electron chi connectivity index (χ2n) is 19.2. The Morgan fingerprint density at radius 2 is 1.32 bits per heavy atom. The highest BCUT2D eigenvalue weighted by atomic mass is 15.1. The van der Waals surface area contributed by atoms with Crippen molar-refractivity contribution in [3.05, 3.63) is 220 Å². The van der Waals surface area contributed by atoms with Gasteiger partial charge in [-0.05, 0) is 133 Å². The van der Waals surface area contributed by atoms with Gasteiger partial charge in [-0.25, -0.2) is 15.0 Å². The van der Waals surface area contributed by atoms with Gasteiger partial charge in [-0.3, -0.25) is 0 Å². The van der Waals surface area contributed by atoms with Gasteiger partial charge in [0.05, 0.1) is 11.2 Å². The molecule has 4 aliphatic rings. The number of hydrogen-bond acceptors (Lipinski definition) is 3. The molecule has 0 saturated carbocycles. The molecule has 4 aliphatic carbocycles. The number of para-hydroxylation sites is 2. The summed E-state index contributed by atoms with van der Waals surface area (Å²) in [6.07, 6.45) is 18.0. The first-order chi connectivity index (χ1) is 32.4. The first kappa shape index (κ1) is 40.3. The molecule has 2 heterocycles. The predicted molar refractivity (Wildman–Crippen MR) is 273 cm³/mol. The lowest BCUT2D eigenvalue weighted by Crippen LogP contribution is -2.28. The topological polar surface area (TPSA) is 43.6 Å². The normalized spacial score (nSPS) is 19.7. The van der Waals surface area contributed by atoms with E-state index in [0.717, 1.165) is 42.4 Å². The minimum atomic E-state index is -0.467. The maximum atomic E-state index is 5.77. The molecule has 4 nitrogen and oxygen atoms in total. The number of hydrogen-bond donors (Lipinski definition) is 0. The lowest BCUT2D eigenvalue weighted by atomic mass is 9.66. The number of fused-ring (bicyclic) bond motifs is 5. The third kappa shape index (κ3) is 6.36. The summed E-state index contributed by atoms with van der Waals surface area (Å²) in [5, 5.41) is 1.35. The van der Waals surface area contributed by atoms with Gasteiger partial charge >= 0.3 is 0 Å². The number of rotatable bonds is 7. The van der Waals surface area contributed by atoms with Gasteiger partial charge < -0.3 is 4.57 Å². The van der Waals surface area contributed by atoms with E-state index in [1.165, 1.54) is 96.4 Å². The van der Waals surface area contributed by atoms with Crippen LogP contribution in [0.3, 0.4) is 0 Å². The lowest BCUT2D eigenvalue weighted by Gasteiger charge is -2.36. The summed E-state index contributed by atoms with van der Waals surface area (Å²) < 4.78 is 2.61. The molecule has 0 amide bonds. The minimum Gasteiger partial charge on any atom is -0.312 e. The zero-order valence-corrected chi connectivity index (χ0v) is 38.4. The lowest BCUT2D eigenvalue weighted by molar-refractivity contribution is 0.598. The molecule has 322 valence electrons. The van der Waals surface area contributed by atoms with Crippen molar-refractivity contribution in [2.24, 2.45) is 5.92 Å². The van der Waals surface area contributed by atoms with Crippen LogP contribution in [-0.4, -0.2) is 19.5 Å². The summed E-state index contributed by atoms with van der Waals surface area (Å²) in [6.45, 7) is 9.34. The molecule has 0 fully saturated rings. The van der Waals surface area contributed by atoms with Gasteiger partial charge in [0.25, 0.3) is 0 Å². The maximum absolute atomic E-state index is 5.77. The van der Waals surface area contributed by atoms with Crippen LogP contribution < -0.4 is 0 Å². The van der Waals surface area contributed by atoms with Crippen molar-refractivity contribution in [1.82, 2.24) is 19.5 Å². The van der Waals surface area contributed by atoms with Gasteiger partial charge in [0.1, 0.15) is 0 Å². The largest absolute Gasteiger partial charge is 0.312 e. The van der Waals surface area contributed by atoms with Crippen LogP contribution in [0.5, 0.6) is 0 Å². The molecule has 3 unspecified atom stereocenters. The van der Waals surface area contributed by atoms with Gasteiger partial charge in [0.15, 0.2) is 17.5 Å². The second-order valence-corrected chi connectivity index (χ2v) is 19.2. The number of aryl methyl sites for hydroxylation is 2. The van der Waals surface area contributed by atoms with E-state index in [1.54, 1.807) is 0 Å². The number of benzene rings is 6. The Labute approximate surface area is 388 Å². The average molecular weight is 855 g/mol. The van der Waals surface area contributed by atoms with Crippen LogP contribution in [0.25, 0.3) is 67.5 Å². The number of aromatic nitrogens is 4. The monoisotopic (exact) mass is 854 g/mol. The van der Waals surface area contributed by atoms with Crippen molar-refractivity contribution in [2.45, 2.75) is 77.6 Å². The average Bonchev–Trinajstić information content (AvgIpc) is 3.83. The Morgan fingerprint density at radius 1 is 0.636 bits per heavy atom. The predicted octanol–water partition coefficient (Wildman–Crippen LogP) is 15.3. The summed E-state index contributed by atoms with van der Waals surface area (Å²) in [7, 11) is 0. The summed E-state index contributed by atoms with van der Waals surface area (Å²) in [4.78, 5) is 16.9. The van der Waals surface area contributed by atoms with Crippen LogP contribution in [0.2, 0.25) is 0 Å². The summed E-state index contributed by atoms with van der Waals surface area (Å²) >= 11 is 0. The van der Waals surface area contributed by atoms with Crippen molar-refractivity contribution >= 4 is 16.5 Å². The van der Waals surface area contributed by atoms with Crippen LogP contribution in [0, 0.1) is 12.8 Å². The van der Waals surface area contributed by atoms with Crippen LogP contribution in [0.15, 0.2) is 181 Å². The van der Waals surface area contributed by atoms with E-state index < -0.39 is 5.41 Å². The van der Waals surface area contributed by atoms with Gasteiger partial charge in [-0.1, -0.05) is 170 Å². The van der Waals surface area contributed by atoms with Gasteiger partial charge in [-0.2, -0.15) is 0 Å². The number of allylic oxidation sites excluding steroid dienone is 8. The molecule has 8 aromatic rings. The minimum absolute atomic E-state index is 0.217. The van der Waals surface area contributed by atoms with Crippen LogP contribution in [0.4, 0.5) is 0 Å². The molecule has 3 atom stereocenters. The fraction of sp³-hybridized carbons (Fsp3) is 0.210. The highest BCUT2D eigenvalue weighted by Gasteiger charge is 2.46. The Morgan fingerprint density at radius 3 is 2.17 bits per heavy atom. The molecule has 12 rings (SSSR count). The standard InChI is InChI=1S/C62H54N4/c1-39-36-37-46-45-26-12-15-33-53(45)62(4,54(46)38-39)57-49(43-24-10-8-20-40(43)2)29-18-31-51(57)60-63-59(42-22-6-5-7-23-42)64-61(65-60)52-32-19-30-50(44-25-11-9-21-41(44)3)58(52)66-55-34-16-13-27-47(55)48-28-14-17-35-56(48)66/h5-13,15-16,18-24,26-27,29-34,36-37,39,44H,14,17,25,28,35,38H2,1-4H3. The molecule has 66 heavy (non-hydrogen) atoms. The van der Waals surface area contributed by atoms with Crippen molar-refractivity contribution in [2.75, 3.05) is 0 Å². The molecule has 0 bridgehead atoms. The van der Waals surface area contributed by atoms with Crippen LogP contribution in [-0.2, 0) is 18.3 Å². The van der Waals surface area contributed by atoms with Crippen LogP contribution >= 0.6 is 0 Å². The zero-order chi connectivity index (χ0) is 44.5. The maximum Gasteiger partial charge on any atom is 0.166 e. The summed E-state index contributed by atoms with van der Waals surface area (Å²) in [5.41, 5.74) is 20.9. The molecule has 0 radical (unpaired) electrons. The fourth-order valence-corrected chi connectivity index (χ4v) is 12.0. The van der Waals surface area contributed by atoms with Crippen molar-refractivity contribution < 1.29 is 0 Å². The van der Waals surface area contributed by atoms with Crippen molar-refractivity contribution in [3.8, 4) is 51.0 Å². The quantitative estimate of drug-likeness (QED) is 0.160. The Balaban J connectivity index is 1.18. The SMILES string of the molecule is CC1=CC=CCC1c1cccc(-c2nc(-c3ccccc3)nc(-c3cccc(-c4ccccc4C)c3C3(C)C4=C(C=CC(C)C4)c4ccccc43)n2)c1-n1c2c(c3ccccc31)CCCC2. The highest BCUT2D eigenvalue weighted by molar-refractivity contribution is 5.94. The Hall–Kier alpha value is -7.17. The van der Waals surface area contributed by atoms with E-state index in [9.17, 15) is 0 Å². The number of nitrogens with zero attached hydrogens (tertiary/aromatic N) is 4. The first-order valence-electron chi connectivity index (χ1n) is 24.0. The Bertz CT molecular complexity index is 3380. The molecule has 6 aromatic carbocycles. The van der Waals surface area contributed by atoms with Gasteiger partial charge in [0, 0.05) is 39.1 Å². The van der Waals surface area contributed by atoms with Gasteiger partial charge in [0.2, 0.25) is 0 Å². The smallest absolute Gasteiger partial charge is 0.166 e. The van der Waals surface area contributed by atoms with Gasteiger partial charge in [-0.15, -0.1) is 0 Å². The van der Waals surface area contributed by atoms with E-state index in [4.69, 9.17) is 15.0 Å². The van der Waals surface area contributed by atoms with E-state index >= 15 is 0 Å². The molecular formula is C62H54N4. The molecule has 4 heteroatoms. The molecule has 0 N–H and O–H groups in total. The molecular weight excluding hydrogens is 801 g/mol. The van der Waals surface area contributed by atoms with Crippen molar-refractivity contribution in [3.63, 3.8) is 0 Å².